The van der Waals surface area contributed by atoms with Crippen molar-refractivity contribution in [2.75, 3.05) is 11.9 Å². The molecule has 0 saturated carbocycles. The van der Waals surface area contributed by atoms with E-state index in [0.29, 0.717) is 29.5 Å². The van der Waals surface area contributed by atoms with Crippen LogP contribution < -0.4 is 10.1 Å². The van der Waals surface area contributed by atoms with Gasteiger partial charge in [0, 0.05) is 6.42 Å². The van der Waals surface area contributed by atoms with Crippen molar-refractivity contribution in [2.45, 2.75) is 13.3 Å². The highest BCUT2D eigenvalue weighted by Crippen LogP contribution is 2.37. The Morgan fingerprint density at radius 1 is 0.914 bits per heavy atom. The van der Waals surface area contributed by atoms with Crippen molar-refractivity contribution in [3.8, 4) is 11.5 Å². The Morgan fingerprint density at radius 2 is 1.63 bits per heavy atom. The number of aryl methyl sites for hydroxylation is 1. The number of thiophene rings is 1. The molecule has 7 heteroatoms. The summed E-state index contributed by atoms with van der Waals surface area (Å²) < 4.78 is 11.6. The lowest BCUT2D eigenvalue weighted by Crippen LogP contribution is -2.07. The highest BCUT2D eigenvalue weighted by atomic mass is 32.1. The minimum absolute atomic E-state index is 0.317. The fourth-order valence-electron chi connectivity index (χ4n) is 3.73. The van der Waals surface area contributed by atoms with Gasteiger partial charge in [-0.3, -0.25) is 0 Å². The molecule has 35 heavy (non-hydrogen) atoms. The van der Waals surface area contributed by atoms with Crippen molar-refractivity contribution in [1.29, 1.82) is 0 Å². The molecule has 0 spiro atoms. The van der Waals surface area contributed by atoms with Crippen molar-refractivity contribution < 1.29 is 14.3 Å². The summed E-state index contributed by atoms with van der Waals surface area (Å²) in [6, 6.07) is 27.2. The number of fused-ring (bicyclic) bond motifs is 1. The highest BCUT2D eigenvalue weighted by molar-refractivity contribution is 7.20. The minimum atomic E-state index is -0.347. The van der Waals surface area contributed by atoms with Crippen LogP contribution in [0.4, 0.5) is 11.5 Å². The first-order chi connectivity index (χ1) is 17.2. The van der Waals surface area contributed by atoms with Gasteiger partial charge in [-0.05, 0) is 42.3 Å². The van der Waals surface area contributed by atoms with E-state index in [1.165, 1.54) is 17.7 Å². The van der Waals surface area contributed by atoms with Crippen LogP contribution in [0.15, 0.2) is 91.3 Å². The molecule has 5 rings (SSSR count). The van der Waals surface area contributed by atoms with E-state index in [9.17, 15) is 4.79 Å². The number of aromatic nitrogens is 2. The molecular formula is C28H23N3O3S. The number of nitrogens with one attached hydrogen (secondary N) is 1. The standard InChI is InChI=1S/C28H23N3O3S/c1-19-24-26(31-22-14-8-9-15-23(22)34-21-12-6-3-7-13-21)29-18-30-27(24)35-25(19)28(32)33-17-16-20-10-4-2-5-11-20/h2-15,18H,16-17H2,1H3,(H,29,30,31). The number of esters is 1. The number of nitrogens with zero attached hydrogens (tertiary/aromatic N) is 2. The topological polar surface area (TPSA) is 73.3 Å². The van der Waals surface area contributed by atoms with Crippen LogP contribution in [0.3, 0.4) is 0 Å². The van der Waals surface area contributed by atoms with Gasteiger partial charge in [-0.1, -0.05) is 60.7 Å². The zero-order valence-electron chi connectivity index (χ0n) is 19.1. The Balaban J connectivity index is 1.37. The van der Waals surface area contributed by atoms with Crippen molar-refractivity contribution >= 4 is 39.0 Å². The molecule has 0 aliphatic heterocycles. The largest absolute Gasteiger partial charge is 0.461 e. The van der Waals surface area contributed by atoms with E-state index in [2.05, 4.69) is 15.3 Å². The van der Waals surface area contributed by atoms with E-state index in [0.717, 1.165) is 32.8 Å². The summed E-state index contributed by atoms with van der Waals surface area (Å²) in [6.45, 7) is 2.21. The van der Waals surface area contributed by atoms with Crippen LogP contribution in [0.25, 0.3) is 10.2 Å². The van der Waals surface area contributed by atoms with Crippen LogP contribution in [0.2, 0.25) is 0 Å². The average molecular weight is 482 g/mol. The third-order valence-electron chi connectivity index (χ3n) is 5.49. The van der Waals surface area contributed by atoms with Gasteiger partial charge < -0.3 is 14.8 Å². The van der Waals surface area contributed by atoms with Crippen molar-refractivity contribution in [2.24, 2.45) is 0 Å². The summed E-state index contributed by atoms with van der Waals surface area (Å²) in [5.41, 5.74) is 2.68. The SMILES string of the molecule is Cc1c(C(=O)OCCc2ccccc2)sc2ncnc(Nc3ccccc3Oc3ccccc3)c12. The van der Waals surface area contributed by atoms with Crippen LogP contribution in [0, 0.1) is 6.92 Å². The van der Waals surface area contributed by atoms with Gasteiger partial charge >= 0.3 is 5.97 Å². The first kappa shape index (κ1) is 22.6. The van der Waals surface area contributed by atoms with Gasteiger partial charge in [0.2, 0.25) is 0 Å². The molecule has 5 aromatic rings. The third-order valence-corrected chi connectivity index (χ3v) is 6.67. The minimum Gasteiger partial charge on any atom is -0.461 e. The molecule has 0 aliphatic carbocycles. The maximum Gasteiger partial charge on any atom is 0.348 e. The number of anilines is 2. The van der Waals surface area contributed by atoms with Crippen molar-refractivity contribution in [3.63, 3.8) is 0 Å². The molecule has 0 bridgehead atoms. The summed E-state index contributed by atoms with van der Waals surface area (Å²) in [5, 5.41) is 4.17. The zero-order chi connectivity index (χ0) is 24.0. The zero-order valence-corrected chi connectivity index (χ0v) is 19.9. The Bertz CT molecular complexity index is 1450. The van der Waals surface area contributed by atoms with Crippen LogP contribution in [0.5, 0.6) is 11.5 Å². The van der Waals surface area contributed by atoms with E-state index in [4.69, 9.17) is 9.47 Å². The Hall–Kier alpha value is -4.23. The molecule has 0 aliphatic rings. The lowest BCUT2D eigenvalue weighted by atomic mass is 10.2. The number of para-hydroxylation sites is 3. The first-order valence-electron chi connectivity index (χ1n) is 11.2. The number of hydrogen-bond acceptors (Lipinski definition) is 7. The molecule has 0 saturated heterocycles. The summed E-state index contributed by atoms with van der Waals surface area (Å²) >= 11 is 1.31. The molecule has 0 amide bonds. The van der Waals surface area contributed by atoms with Crippen LogP contribution in [-0.4, -0.2) is 22.5 Å². The summed E-state index contributed by atoms with van der Waals surface area (Å²) in [7, 11) is 0. The van der Waals surface area contributed by atoms with Crippen molar-refractivity contribution in [3.05, 3.63) is 107 Å². The highest BCUT2D eigenvalue weighted by Gasteiger charge is 2.21. The summed E-state index contributed by atoms with van der Waals surface area (Å²) in [6.07, 6.45) is 2.16. The Kier molecular flexibility index (Phi) is 6.68. The number of benzene rings is 3. The second kappa shape index (κ2) is 10.4. The van der Waals surface area contributed by atoms with Gasteiger partial charge in [0.05, 0.1) is 17.7 Å². The number of hydrogen-bond donors (Lipinski definition) is 1. The average Bonchev–Trinajstić information content (AvgIpc) is 3.24. The fraction of sp³-hybridized carbons (Fsp3) is 0.107. The molecule has 0 fully saturated rings. The number of carbonyl (C=O) groups excluding carboxylic acids is 1. The third kappa shape index (κ3) is 5.15. The summed E-state index contributed by atoms with van der Waals surface area (Å²) in [4.78, 5) is 23.0. The fourth-order valence-corrected chi connectivity index (χ4v) is 4.78. The van der Waals surface area contributed by atoms with Crippen LogP contribution >= 0.6 is 11.3 Å². The van der Waals surface area contributed by atoms with Gasteiger partial charge in [0.1, 0.15) is 27.6 Å². The molecule has 0 atom stereocenters. The maximum absolute atomic E-state index is 12.9. The number of ether oxygens (including phenoxy) is 2. The molecule has 2 aromatic heterocycles. The van der Waals surface area contributed by atoms with Gasteiger partial charge in [0.25, 0.3) is 0 Å². The van der Waals surface area contributed by atoms with E-state index >= 15 is 0 Å². The molecule has 2 heterocycles. The van der Waals surface area contributed by atoms with Gasteiger partial charge in [-0.25, -0.2) is 14.8 Å². The number of rotatable bonds is 8. The van der Waals surface area contributed by atoms with E-state index in [-0.39, 0.29) is 5.97 Å². The van der Waals surface area contributed by atoms with Crippen LogP contribution in [-0.2, 0) is 11.2 Å². The van der Waals surface area contributed by atoms with Gasteiger partial charge in [-0.2, -0.15) is 0 Å². The smallest absolute Gasteiger partial charge is 0.348 e. The first-order valence-corrected chi connectivity index (χ1v) is 12.0. The van der Waals surface area contributed by atoms with E-state index in [1.807, 2.05) is 91.9 Å². The maximum atomic E-state index is 12.9. The predicted octanol–water partition coefficient (Wildman–Crippen LogP) is 6.94. The molecule has 0 unspecified atom stereocenters. The van der Waals surface area contributed by atoms with Gasteiger partial charge in [-0.15, -0.1) is 11.3 Å². The molecule has 6 nitrogen and oxygen atoms in total. The second-order valence-electron chi connectivity index (χ2n) is 7.87. The lowest BCUT2D eigenvalue weighted by Gasteiger charge is -2.13. The second-order valence-corrected chi connectivity index (χ2v) is 8.87. The Labute approximate surface area is 207 Å². The molecule has 174 valence electrons. The van der Waals surface area contributed by atoms with Crippen LogP contribution in [0.1, 0.15) is 20.8 Å². The van der Waals surface area contributed by atoms with E-state index in [1.54, 1.807) is 0 Å². The van der Waals surface area contributed by atoms with Crippen molar-refractivity contribution in [1.82, 2.24) is 9.97 Å². The monoisotopic (exact) mass is 481 g/mol. The van der Waals surface area contributed by atoms with E-state index < -0.39 is 0 Å². The normalized spacial score (nSPS) is 10.8. The quantitative estimate of drug-likeness (QED) is 0.242. The Morgan fingerprint density at radius 3 is 2.43 bits per heavy atom. The summed E-state index contributed by atoms with van der Waals surface area (Å²) in [5.74, 6) is 1.66. The lowest BCUT2D eigenvalue weighted by molar-refractivity contribution is 0.0514. The molecule has 1 N–H and O–H groups in total. The number of carbonyl (C=O) groups is 1. The predicted molar refractivity (Wildman–Crippen MR) is 139 cm³/mol. The molecule has 3 aromatic carbocycles. The molecular weight excluding hydrogens is 458 g/mol. The molecule has 0 radical (unpaired) electrons. The van der Waals surface area contributed by atoms with Gasteiger partial charge in [0.15, 0.2) is 5.75 Å².